The van der Waals surface area contributed by atoms with Gasteiger partial charge in [-0.3, -0.25) is 0 Å². The Hall–Kier alpha value is -0.0800. The second kappa shape index (κ2) is 5.05. The molecule has 0 amide bonds. The van der Waals surface area contributed by atoms with Crippen molar-refractivity contribution in [3.8, 4) is 0 Å². The third-order valence-corrected chi connectivity index (χ3v) is 4.69. The minimum Gasteiger partial charge on any atom is -0.381 e. The summed E-state index contributed by atoms with van der Waals surface area (Å²) in [5.41, 5.74) is 6.47. The summed E-state index contributed by atoms with van der Waals surface area (Å²) in [6.07, 6.45) is 6.63. The van der Waals surface area contributed by atoms with Gasteiger partial charge in [0.25, 0.3) is 0 Å². The van der Waals surface area contributed by atoms with E-state index in [4.69, 9.17) is 10.5 Å². The molecule has 1 aliphatic carbocycles. The van der Waals surface area contributed by atoms with Gasteiger partial charge in [0.1, 0.15) is 0 Å². The minimum atomic E-state index is 0.522. The summed E-state index contributed by atoms with van der Waals surface area (Å²) in [5.74, 6) is 2.34. The number of hydrogen-bond donors (Lipinski definition) is 1. The average Bonchev–Trinajstić information content (AvgIpc) is 2.29. The van der Waals surface area contributed by atoms with E-state index in [0.717, 1.165) is 37.5 Å². The van der Waals surface area contributed by atoms with Gasteiger partial charge in [0, 0.05) is 13.2 Å². The number of rotatable bonds is 2. The van der Waals surface area contributed by atoms with Crippen LogP contribution >= 0.6 is 0 Å². The van der Waals surface area contributed by atoms with Gasteiger partial charge < -0.3 is 10.5 Å². The standard InChI is InChI=1S/C14H27NO/c1-14(2)6-5-11(9-15)13(8-14)12-4-3-7-16-10-12/h11-13H,3-10,15H2,1-2H3. The van der Waals surface area contributed by atoms with Crippen molar-refractivity contribution in [2.45, 2.75) is 46.0 Å². The number of hydrogen-bond acceptors (Lipinski definition) is 2. The van der Waals surface area contributed by atoms with E-state index in [1.165, 1.54) is 32.1 Å². The first kappa shape index (κ1) is 12.4. The lowest BCUT2D eigenvalue weighted by atomic mass is 9.62. The first-order valence-electron chi connectivity index (χ1n) is 6.90. The summed E-state index contributed by atoms with van der Waals surface area (Å²) < 4.78 is 5.66. The van der Waals surface area contributed by atoms with Crippen LogP contribution in [0.1, 0.15) is 46.0 Å². The molecule has 2 nitrogen and oxygen atoms in total. The smallest absolute Gasteiger partial charge is 0.0497 e. The Balaban J connectivity index is 2.01. The van der Waals surface area contributed by atoms with Gasteiger partial charge in [0.2, 0.25) is 0 Å². The third-order valence-electron chi connectivity index (χ3n) is 4.69. The molecule has 0 radical (unpaired) electrons. The summed E-state index contributed by atoms with van der Waals surface area (Å²) in [6, 6.07) is 0. The van der Waals surface area contributed by atoms with E-state index in [9.17, 15) is 0 Å². The highest BCUT2D eigenvalue weighted by molar-refractivity contribution is 4.89. The molecule has 1 heterocycles. The van der Waals surface area contributed by atoms with Crippen LogP contribution in [-0.2, 0) is 4.74 Å². The van der Waals surface area contributed by atoms with Crippen LogP contribution in [0.25, 0.3) is 0 Å². The van der Waals surface area contributed by atoms with Crippen LogP contribution in [0.2, 0.25) is 0 Å². The minimum absolute atomic E-state index is 0.522. The second-order valence-electron chi connectivity index (χ2n) is 6.54. The van der Waals surface area contributed by atoms with Gasteiger partial charge in [-0.25, -0.2) is 0 Å². The molecular weight excluding hydrogens is 198 g/mol. The molecule has 1 saturated carbocycles. The maximum Gasteiger partial charge on any atom is 0.0497 e. The normalized spacial score (nSPS) is 39.6. The lowest BCUT2D eigenvalue weighted by Crippen LogP contribution is -2.40. The molecule has 2 aliphatic rings. The fourth-order valence-electron chi connectivity index (χ4n) is 3.64. The molecule has 1 aliphatic heterocycles. The van der Waals surface area contributed by atoms with Crippen LogP contribution in [-0.4, -0.2) is 19.8 Å². The van der Waals surface area contributed by atoms with Crippen molar-refractivity contribution in [2.75, 3.05) is 19.8 Å². The van der Waals surface area contributed by atoms with Crippen molar-refractivity contribution >= 4 is 0 Å². The molecule has 0 spiro atoms. The summed E-state index contributed by atoms with van der Waals surface area (Å²) >= 11 is 0. The van der Waals surface area contributed by atoms with E-state index in [-0.39, 0.29) is 0 Å². The lowest BCUT2D eigenvalue weighted by Gasteiger charge is -2.45. The summed E-state index contributed by atoms with van der Waals surface area (Å²) in [4.78, 5) is 0. The maximum absolute atomic E-state index is 5.95. The Morgan fingerprint density at radius 1 is 1.31 bits per heavy atom. The zero-order chi connectivity index (χ0) is 11.6. The monoisotopic (exact) mass is 225 g/mol. The van der Waals surface area contributed by atoms with Crippen molar-refractivity contribution < 1.29 is 4.74 Å². The molecule has 3 atom stereocenters. The van der Waals surface area contributed by atoms with Gasteiger partial charge >= 0.3 is 0 Å². The Bertz CT molecular complexity index is 221. The quantitative estimate of drug-likeness (QED) is 0.784. The highest BCUT2D eigenvalue weighted by Gasteiger charge is 2.38. The van der Waals surface area contributed by atoms with Gasteiger partial charge in [0.05, 0.1) is 0 Å². The molecule has 2 N–H and O–H groups in total. The molecule has 94 valence electrons. The van der Waals surface area contributed by atoms with Crippen molar-refractivity contribution in [3.63, 3.8) is 0 Å². The molecule has 2 fully saturated rings. The zero-order valence-electron chi connectivity index (χ0n) is 10.9. The molecular formula is C14H27NO. The molecule has 2 heteroatoms. The van der Waals surface area contributed by atoms with E-state index in [1.54, 1.807) is 0 Å². The van der Waals surface area contributed by atoms with Crippen molar-refractivity contribution in [1.29, 1.82) is 0 Å². The van der Waals surface area contributed by atoms with Gasteiger partial charge in [0.15, 0.2) is 0 Å². The summed E-state index contributed by atoms with van der Waals surface area (Å²) in [6.45, 7) is 7.65. The predicted molar refractivity (Wildman–Crippen MR) is 67.2 cm³/mol. The molecule has 16 heavy (non-hydrogen) atoms. The second-order valence-corrected chi connectivity index (χ2v) is 6.54. The lowest BCUT2D eigenvalue weighted by molar-refractivity contribution is -0.0134. The fraction of sp³-hybridized carbons (Fsp3) is 1.00. The first-order valence-corrected chi connectivity index (χ1v) is 6.90. The van der Waals surface area contributed by atoms with Crippen molar-refractivity contribution in [3.05, 3.63) is 0 Å². The molecule has 1 saturated heterocycles. The SMILES string of the molecule is CC1(C)CCC(CN)C(C2CCCOC2)C1. The third kappa shape index (κ3) is 2.78. The molecule has 0 aromatic carbocycles. The van der Waals surface area contributed by atoms with Crippen molar-refractivity contribution in [1.82, 2.24) is 0 Å². The van der Waals surface area contributed by atoms with Crippen LogP contribution in [0.5, 0.6) is 0 Å². The van der Waals surface area contributed by atoms with Crippen LogP contribution in [0.4, 0.5) is 0 Å². The number of ether oxygens (including phenoxy) is 1. The summed E-state index contributed by atoms with van der Waals surface area (Å²) in [5, 5.41) is 0. The Labute approximate surface area is 99.9 Å². The molecule has 2 rings (SSSR count). The maximum atomic E-state index is 5.95. The first-order chi connectivity index (χ1) is 7.62. The van der Waals surface area contributed by atoms with Gasteiger partial charge in [-0.05, 0) is 61.8 Å². The predicted octanol–water partition coefficient (Wildman–Crippen LogP) is 2.81. The van der Waals surface area contributed by atoms with E-state index in [2.05, 4.69) is 13.8 Å². The highest BCUT2D eigenvalue weighted by Crippen LogP contribution is 2.46. The fourth-order valence-corrected chi connectivity index (χ4v) is 3.64. The van der Waals surface area contributed by atoms with Crippen LogP contribution in [0, 0.1) is 23.2 Å². The molecule has 3 unspecified atom stereocenters. The van der Waals surface area contributed by atoms with E-state index >= 15 is 0 Å². The van der Waals surface area contributed by atoms with E-state index in [1.807, 2.05) is 0 Å². The van der Waals surface area contributed by atoms with Crippen molar-refractivity contribution in [2.24, 2.45) is 28.9 Å². The van der Waals surface area contributed by atoms with Gasteiger partial charge in [-0.1, -0.05) is 13.8 Å². The average molecular weight is 225 g/mol. The highest BCUT2D eigenvalue weighted by atomic mass is 16.5. The molecule has 0 bridgehead atoms. The topological polar surface area (TPSA) is 35.2 Å². The van der Waals surface area contributed by atoms with Crippen LogP contribution < -0.4 is 5.73 Å². The Kier molecular flexibility index (Phi) is 3.91. The molecule has 0 aromatic heterocycles. The van der Waals surface area contributed by atoms with Gasteiger partial charge in [-0.15, -0.1) is 0 Å². The van der Waals surface area contributed by atoms with Crippen LogP contribution in [0.3, 0.4) is 0 Å². The summed E-state index contributed by atoms with van der Waals surface area (Å²) in [7, 11) is 0. The Morgan fingerprint density at radius 2 is 2.12 bits per heavy atom. The van der Waals surface area contributed by atoms with E-state index < -0.39 is 0 Å². The largest absolute Gasteiger partial charge is 0.381 e. The van der Waals surface area contributed by atoms with E-state index in [0.29, 0.717) is 5.41 Å². The number of nitrogens with two attached hydrogens (primary N) is 1. The molecule has 0 aromatic rings. The zero-order valence-corrected chi connectivity index (χ0v) is 10.9. The Morgan fingerprint density at radius 3 is 2.75 bits per heavy atom. The van der Waals surface area contributed by atoms with Gasteiger partial charge in [-0.2, -0.15) is 0 Å². The van der Waals surface area contributed by atoms with Crippen LogP contribution in [0.15, 0.2) is 0 Å².